The Morgan fingerprint density at radius 2 is 2.12 bits per heavy atom. The van der Waals surface area contributed by atoms with Crippen LogP contribution in [0.5, 0.6) is 0 Å². The molecule has 0 unspecified atom stereocenters. The van der Waals surface area contributed by atoms with Gasteiger partial charge in [0.15, 0.2) is 0 Å². The third-order valence-electron chi connectivity index (χ3n) is 5.78. The Balaban J connectivity index is 1.58. The van der Waals surface area contributed by atoms with E-state index >= 15 is 0 Å². The Kier molecular flexibility index (Phi) is 5.74. The highest BCUT2D eigenvalue weighted by atomic mass is 32.1. The number of nitrogens with one attached hydrogen (secondary N) is 1. The molecule has 0 aliphatic heterocycles. The highest BCUT2D eigenvalue weighted by Crippen LogP contribution is 2.30. The largest absolute Gasteiger partial charge is 0.352 e. The second-order valence-electron chi connectivity index (χ2n) is 7.55. The zero-order valence-corrected chi connectivity index (χ0v) is 16.5. The summed E-state index contributed by atoms with van der Waals surface area (Å²) in [6, 6.07) is 8.65. The summed E-state index contributed by atoms with van der Waals surface area (Å²) in [6.45, 7) is 7.09. The van der Waals surface area contributed by atoms with Gasteiger partial charge in [0.25, 0.3) is 0 Å². The number of fused-ring (bicyclic) bond motifs is 1. The molecule has 1 saturated carbocycles. The normalized spacial score (nSPS) is 25.2. The van der Waals surface area contributed by atoms with Crippen LogP contribution in [0, 0.1) is 11.8 Å². The fourth-order valence-corrected chi connectivity index (χ4v) is 4.74. The molecule has 25 heavy (non-hydrogen) atoms. The number of hydrogen-bond acceptors (Lipinski definition) is 4. The van der Waals surface area contributed by atoms with Crippen molar-refractivity contribution in [2.75, 3.05) is 13.6 Å². The molecule has 1 aliphatic carbocycles. The number of likely N-dealkylation sites (N-methyl/N-ethyl adjacent to an activating group) is 1. The molecular formula is C20H29N3OS. The van der Waals surface area contributed by atoms with Gasteiger partial charge in [0, 0.05) is 6.04 Å². The quantitative estimate of drug-likeness (QED) is 0.869. The van der Waals surface area contributed by atoms with Crippen LogP contribution in [-0.2, 0) is 4.79 Å². The summed E-state index contributed by atoms with van der Waals surface area (Å²) in [6.07, 6.45) is 3.60. The van der Waals surface area contributed by atoms with Crippen LogP contribution in [0.3, 0.4) is 0 Å². The average molecular weight is 360 g/mol. The van der Waals surface area contributed by atoms with Crippen molar-refractivity contribution in [1.29, 1.82) is 0 Å². The standard InChI is InChI=1S/C20H29N3OS/c1-13-8-7-10-16(14(13)2)21-19(24)12-23(4)15(3)20-22-17-9-5-6-11-18(17)25-20/h5-6,9,11,13-16H,7-8,10,12H2,1-4H3,(H,21,24)/t13-,14-,15+,16-/m1/s1. The van der Waals surface area contributed by atoms with Crippen molar-refractivity contribution < 1.29 is 4.79 Å². The Labute approximate surface area is 154 Å². The number of thiazole rings is 1. The van der Waals surface area contributed by atoms with Crippen molar-refractivity contribution in [3.8, 4) is 0 Å². The molecule has 0 saturated heterocycles. The van der Waals surface area contributed by atoms with Gasteiger partial charge in [0.1, 0.15) is 5.01 Å². The predicted octanol–water partition coefficient (Wildman–Crippen LogP) is 4.23. The SMILES string of the molecule is C[C@@H]1[C@H](C)CCC[C@H]1NC(=O)CN(C)[C@@H](C)c1nc2ccccc2s1. The van der Waals surface area contributed by atoms with Crippen molar-refractivity contribution in [1.82, 2.24) is 15.2 Å². The summed E-state index contributed by atoms with van der Waals surface area (Å²) in [5, 5.41) is 4.33. The van der Waals surface area contributed by atoms with Crippen LogP contribution in [0.4, 0.5) is 0 Å². The molecule has 1 heterocycles. The van der Waals surface area contributed by atoms with Gasteiger partial charge in [-0.1, -0.05) is 38.8 Å². The first-order valence-electron chi connectivity index (χ1n) is 9.30. The lowest BCUT2D eigenvalue weighted by molar-refractivity contribution is -0.123. The molecule has 1 N–H and O–H groups in total. The molecule has 4 atom stereocenters. The van der Waals surface area contributed by atoms with Crippen LogP contribution in [0.25, 0.3) is 10.2 Å². The second-order valence-corrected chi connectivity index (χ2v) is 8.61. The molecule has 1 amide bonds. The van der Waals surface area contributed by atoms with Gasteiger partial charge in [-0.15, -0.1) is 11.3 Å². The van der Waals surface area contributed by atoms with E-state index < -0.39 is 0 Å². The number of carbonyl (C=O) groups is 1. The van der Waals surface area contributed by atoms with E-state index in [1.54, 1.807) is 11.3 Å². The molecular weight excluding hydrogens is 330 g/mol. The maximum Gasteiger partial charge on any atom is 0.234 e. The summed E-state index contributed by atoms with van der Waals surface area (Å²) < 4.78 is 1.20. The molecule has 0 radical (unpaired) electrons. The predicted molar refractivity (Wildman–Crippen MR) is 105 cm³/mol. The fourth-order valence-electron chi connectivity index (χ4n) is 3.66. The minimum atomic E-state index is 0.126. The number of aromatic nitrogens is 1. The number of nitrogens with zero attached hydrogens (tertiary/aromatic N) is 2. The summed E-state index contributed by atoms with van der Waals surface area (Å²) in [5.74, 6) is 1.38. The van der Waals surface area contributed by atoms with Gasteiger partial charge in [0.2, 0.25) is 5.91 Å². The lowest BCUT2D eigenvalue weighted by atomic mass is 9.78. The van der Waals surface area contributed by atoms with Crippen molar-refractivity contribution in [2.45, 2.75) is 52.1 Å². The van der Waals surface area contributed by atoms with E-state index in [9.17, 15) is 4.79 Å². The molecule has 1 aromatic heterocycles. The van der Waals surface area contributed by atoms with E-state index in [0.29, 0.717) is 24.4 Å². The van der Waals surface area contributed by atoms with Gasteiger partial charge in [0.05, 0.1) is 22.8 Å². The zero-order chi connectivity index (χ0) is 18.0. The number of benzene rings is 1. The summed E-state index contributed by atoms with van der Waals surface area (Å²) in [4.78, 5) is 19.3. The number of rotatable bonds is 5. The molecule has 3 rings (SSSR count). The first kappa shape index (κ1) is 18.3. The van der Waals surface area contributed by atoms with Gasteiger partial charge in [-0.25, -0.2) is 4.98 Å². The first-order valence-corrected chi connectivity index (χ1v) is 10.1. The maximum absolute atomic E-state index is 12.5. The molecule has 2 aromatic rings. The van der Waals surface area contributed by atoms with Gasteiger partial charge in [-0.05, 0) is 44.4 Å². The van der Waals surface area contributed by atoms with E-state index in [0.717, 1.165) is 16.9 Å². The first-order chi connectivity index (χ1) is 12.0. The monoisotopic (exact) mass is 359 g/mol. The summed E-state index contributed by atoms with van der Waals surface area (Å²) >= 11 is 1.71. The molecule has 0 spiro atoms. The zero-order valence-electron chi connectivity index (χ0n) is 15.7. The van der Waals surface area contributed by atoms with Crippen molar-refractivity contribution in [3.63, 3.8) is 0 Å². The fraction of sp³-hybridized carbons (Fsp3) is 0.600. The Morgan fingerprint density at radius 1 is 1.36 bits per heavy atom. The Bertz CT molecular complexity index is 696. The topological polar surface area (TPSA) is 45.2 Å². The third kappa shape index (κ3) is 4.21. The number of carbonyl (C=O) groups excluding carboxylic acids is 1. The molecule has 1 fully saturated rings. The van der Waals surface area contributed by atoms with Gasteiger partial charge in [-0.2, -0.15) is 0 Å². The van der Waals surface area contributed by atoms with E-state index in [4.69, 9.17) is 4.98 Å². The Morgan fingerprint density at radius 3 is 2.88 bits per heavy atom. The van der Waals surface area contributed by atoms with Gasteiger partial charge in [-0.3, -0.25) is 9.69 Å². The molecule has 5 heteroatoms. The lowest BCUT2D eigenvalue weighted by Crippen LogP contribution is -2.47. The second kappa shape index (κ2) is 7.83. The van der Waals surface area contributed by atoms with Crippen LogP contribution in [0.1, 0.15) is 51.1 Å². The van der Waals surface area contributed by atoms with E-state index in [-0.39, 0.29) is 11.9 Å². The van der Waals surface area contributed by atoms with Crippen LogP contribution < -0.4 is 5.32 Å². The molecule has 1 aromatic carbocycles. The van der Waals surface area contributed by atoms with Crippen LogP contribution >= 0.6 is 11.3 Å². The maximum atomic E-state index is 12.5. The number of para-hydroxylation sites is 1. The van der Waals surface area contributed by atoms with E-state index in [1.165, 1.54) is 17.5 Å². The minimum absolute atomic E-state index is 0.126. The average Bonchev–Trinajstić information content (AvgIpc) is 3.02. The van der Waals surface area contributed by atoms with E-state index in [1.807, 2.05) is 25.2 Å². The lowest BCUT2D eigenvalue weighted by Gasteiger charge is -2.35. The highest BCUT2D eigenvalue weighted by Gasteiger charge is 2.28. The van der Waals surface area contributed by atoms with Crippen molar-refractivity contribution >= 4 is 27.5 Å². The number of amides is 1. The van der Waals surface area contributed by atoms with Crippen molar-refractivity contribution in [2.24, 2.45) is 11.8 Å². The molecule has 4 nitrogen and oxygen atoms in total. The smallest absolute Gasteiger partial charge is 0.234 e. The highest BCUT2D eigenvalue weighted by molar-refractivity contribution is 7.18. The van der Waals surface area contributed by atoms with Gasteiger partial charge >= 0.3 is 0 Å². The third-order valence-corrected chi connectivity index (χ3v) is 6.98. The van der Waals surface area contributed by atoms with Crippen molar-refractivity contribution in [3.05, 3.63) is 29.3 Å². The van der Waals surface area contributed by atoms with Gasteiger partial charge < -0.3 is 5.32 Å². The van der Waals surface area contributed by atoms with Crippen LogP contribution in [0.15, 0.2) is 24.3 Å². The van der Waals surface area contributed by atoms with Crippen LogP contribution in [0.2, 0.25) is 0 Å². The van der Waals surface area contributed by atoms with E-state index in [2.05, 4.69) is 37.1 Å². The Hall–Kier alpha value is -1.46. The summed E-state index contributed by atoms with van der Waals surface area (Å²) in [5.41, 5.74) is 1.04. The minimum Gasteiger partial charge on any atom is -0.352 e. The molecule has 136 valence electrons. The molecule has 1 aliphatic rings. The number of hydrogen-bond donors (Lipinski definition) is 1. The molecule has 0 bridgehead atoms. The summed E-state index contributed by atoms with van der Waals surface area (Å²) in [7, 11) is 2.00. The van der Waals surface area contributed by atoms with Crippen LogP contribution in [-0.4, -0.2) is 35.4 Å².